The Morgan fingerprint density at radius 2 is 2.38 bits per heavy atom. The molecule has 1 saturated heterocycles. The fourth-order valence-corrected chi connectivity index (χ4v) is 3.20. The lowest BCUT2D eigenvalue weighted by Crippen LogP contribution is -2.46. The maximum Gasteiger partial charge on any atom is 0.228 e. The van der Waals surface area contributed by atoms with E-state index in [0.29, 0.717) is 13.0 Å². The third kappa shape index (κ3) is 3.43. The summed E-state index contributed by atoms with van der Waals surface area (Å²) < 4.78 is 0. The fourth-order valence-electron chi connectivity index (χ4n) is 2.42. The molecule has 0 aliphatic carbocycles. The van der Waals surface area contributed by atoms with E-state index in [2.05, 4.69) is 15.0 Å². The third-order valence-corrected chi connectivity index (χ3v) is 4.39. The van der Waals surface area contributed by atoms with Crippen LogP contribution < -0.4 is 5.73 Å². The average Bonchev–Trinajstić information content (AvgIpc) is 2.97. The molecule has 110 valence electrons. The summed E-state index contributed by atoms with van der Waals surface area (Å²) in [4.78, 5) is 26.8. The Labute approximate surface area is 127 Å². The zero-order valence-electron chi connectivity index (χ0n) is 11.6. The smallest absolute Gasteiger partial charge is 0.228 e. The number of rotatable bonds is 3. The molecular formula is C14H17N5OS. The van der Waals surface area contributed by atoms with Crippen LogP contribution in [0.15, 0.2) is 24.0 Å². The lowest BCUT2D eigenvalue weighted by Gasteiger charge is -2.30. The van der Waals surface area contributed by atoms with Crippen LogP contribution in [0.25, 0.3) is 10.7 Å². The minimum absolute atomic E-state index is 0.0983. The predicted octanol–water partition coefficient (Wildman–Crippen LogP) is 1.09. The van der Waals surface area contributed by atoms with Crippen molar-refractivity contribution in [3.05, 3.63) is 29.7 Å². The van der Waals surface area contributed by atoms with Gasteiger partial charge in [0.25, 0.3) is 0 Å². The zero-order chi connectivity index (χ0) is 14.7. The molecule has 0 spiro atoms. The number of thiazole rings is 1. The number of nitrogens with zero attached hydrogens (tertiary/aromatic N) is 4. The van der Waals surface area contributed by atoms with Crippen LogP contribution in [0.3, 0.4) is 0 Å². The molecule has 1 aliphatic heterocycles. The van der Waals surface area contributed by atoms with Gasteiger partial charge in [-0.1, -0.05) is 0 Å². The van der Waals surface area contributed by atoms with E-state index in [1.807, 2.05) is 10.3 Å². The molecular weight excluding hydrogens is 286 g/mol. The predicted molar refractivity (Wildman–Crippen MR) is 80.6 cm³/mol. The molecule has 7 heteroatoms. The highest BCUT2D eigenvalue weighted by atomic mass is 32.1. The molecule has 0 radical (unpaired) electrons. The summed E-state index contributed by atoms with van der Waals surface area (Å²) in [6.07, 6.45) is 7.24. The molecule has 3 heterocycles. The number of hydrogen-bond donors (Lipinski definition) is 1. The highest BCUT2D eigenvalue weighted by Crippen LogP contribution is 2.21. The van der Waals surface area contributed by atoms with Crippen LogP contribution in [0.2, 0.25) is 0 Å². The van der Waals surface area contributed by atoms with Crippen LogP contribution in [0.1, 0.15) is 18.5 Å². The highest BCUT2D eigenvalue weighted by molar-refractivity contribution is 7.13. The maximum absolute atomic E-state index is 12.3. The number of amides is 1. The van der Waals surface area contributed by atoms with E-state index in [4.69, 9.17) is 5.73 Å². The van der Waals surface area contributed by atoms with E-state index in [9.17, 15) is 4.79 Å². The molecule has 1 aliphatic rings. The van der Waals surface area contributed by atoms with Gasteiger partial charge in [-0.15, -0.1) is 11.3 Å². The molecule has 1 amide bonds. The van der Waals surface area contributed by atoms with E-state index in [-0.39, 0.29) is 11.9 Å². The topological polar surface area (TPSA) is 85.0 Å². The summed E-state index contributed by atoms with van der Waals surface area (Å²) in [6, 6.07) is 0.105. The van der Waals surface area contributed by atoms with Gasteiger partial charge in [-0.05, 0) is 12.8 Å². The first-order valence-corrected chi connectivity index (χ1v) is 7.84. The first kappa shape index (κ1) is 14.1. The molecule has 0 aromatic carbocycles. The summed E-state index contributed by atoms with van der Waals surface area (Å²) in [5.41, 5.74) is 7.43. The number of carbonyl (C=O) groups excluding carboxylic acids is 1. The minimum Gasteiger partial charge on any atom is -0.341 e. The SMILES string of the molecule is N[C@@H]1CCCN(C(=O)Cc2csc(-c3cnccn3)n2)C1. The standard InChI is InChI=1S/C14H17N5OS/c15-10-2-1-5-19(8-10)13(20)6-11-9-21-14(18-11)12-7-16-3-4-17-12/h3-4,7,9-10H,1-2,5-6,8,15H2/t10-/m1/s1. The number of nitrogens with two attached hydrogens (primary N) is 1. The average molecular weight is 303 g/mol. The second kappa shape index (κ2) is 6.28. The van der Waals surface area contributed by atoms with Gasteiger partial charge < -0.3 is 10.6 Å². The normalized spacial score (nSPS) is 18.7. The van der Waals surface area contributed by atoms with E-state index in [1.54, 1.807) is 18.6 Å². The Balaban J connectivity index is 1.66. The molecule has 3 rings (SSSR count). The lowest BCUT2D eigenvalue weighted by molar-refractivity contribution is -0.131. The number of piperidine rings is 1. The molecule has 6 nitrogen and oxygen atoms in total. The maximum atomic E-state index is 12.3. The summed E-state index contributed by atoms with van der Waals surface area (Å²) in [7, 11) is 0. The second-order valence-electron chi connectivity index (χ2n) is 5.15. The zero-order valence-corrected chi connectivity index (χ0v) is 12.4. The van der Waals surface area contributed by atoms with Crippen molar-refractivity contribution in [3.63, 3.8) is 0 Å². The first-order chi connectivity index (χ1) is 10.2. The molecule has 0 unspecified atom stereocenters. The summed E-state index contributed by atoms with van der Waals surface area (Å²) in [5, 5.41) is 2.70. The monoisotopic (exact) mass is 303 g/mol. The van der Waals surface area contributed by atoms with Crippen LogP contribution in [0, 0.1) is 0 Å². The Hall–Kier alpha value is -1.86. The van der Waals surface area contributed by atoms with Gasteiger partial charge in [-0.2, -0.15) is 0 Å². The first-order valence-electron chi connectivity index (χ1n) is 6.96. The minimum atomic E-state index is 0.0983. The van der Waals surface area contributed by atoms with Crippen LogP contribution >= 0.6 is 11.3 Å². The van der Waals surface area contributed by atoms with Crippen molar-refractivity contribution in [2.45, 2.75) is 25.3 Å². The van der Waals surface area contributed by atoms with Gasteiger partial charge in [0.1, 0.15) is 10.7 Å². The lowest BCUT2D eigenvalue weighted by atomic mass is 10.1. The summed E-state index contributed by atoms with van der Waals surface area (Å²) in [5.74, 6) is 0.0983. The van der Waals surface area contributed by atoms with Crippen molar-refractivity contribution in [3.8, 4) is 10.7 Å². The largest absolute Gasteiger partial charge is 0.341 e. The molecule has 1 atom stereocenters. The number of hydrogen-bond acceptors (Lipinski definition) is 6. The van der Waals surface area contributed by atoms with Crippen molar-refractivity contribution in [1.29, 1.82) is 0 Å². The van der Waals surface area contributed by atoms with Gasteiger partial charge in [0.2, 0.25) is 5.91 Å². The van der Waals surface area contributed by atoms with Crippen molar-refractivity contribution in [1.82, 2.24) is 19.9 Å². The van der Waals surface area contributed by atoms with Gasteiger partial charge in [-0.25, -0.2) is 4.98 Å². The van der Waals surface area contributed by atoms with Crippen molar-refractivity contribution < 1.29 is 4.79 Å². The number of likely N-dealkylation sites (tertiary alicyclic amines) is 1. The van der Waals surface area contributed by atoms with Gasteiger partial charge in [0.05, 0.1) is 18.3 Å². The van der Waals surface area contributed by atoms with Crippen LogP contribution in [0.5, 0.6) is 0 Å². The number of carbonyl (C=O) groups is 1. The Morgan fingerprint density at radius 1 is 1.48 bits per heavy atom. The second-order valence-corrected chi connectivity index (χ2v) is 6.01. The van der Waals surface area contributed by atoms with E-state index < -0.39 is 0 Å². The molecule has 0 saturated carbocycles. The molecule has 0 bridgehead atoms. The van der Waals surface area contributed by atoms with Crippen molar-refractivity contribution in [2.75, 3.05) is 13.1 Å². The highest BCUT2D eigenvalue weighted by Gasteiger charge is 2.22. The molecule has 2 aromatic heterocycles. The third-order valence-electron chi connectivity index (χ3n) is 3.48. The fraction of sp³-hybridized carbons (Fsp3) is 0.429. The molecule has 21 heavy (non-hydrogen) atoms. The molecule has 2 N–H and O–H groups in total. The Morgan fingerprint density at radius 3 is 3.14 bits per heavy atom. The molecule has 1 fully saturated rings. The summed E-state index contributed by atoms with van der Waals surface area (Å²) >= 11 is 1.48. The van der Waals surface area contributed by atoms with Gasteiger partial charge in [-0.3, -0.25) is 14.8 Å². The van der Waals surface area contributed by atoms with Crippen LogP contribution in [-0.4, -0.2) is 44.9 Å². The van der Waals surface area contributed by atoms with Crippen molar-refractivity contribution in [2.24, 2.45) is 5.73 Å². The van der Waals surface area contributed by atoms with E-state index in [1.165, 1.54) is 11.3 Å². The Bertz CT molecular complexity index is 615. The van der Waals surface area contributed by atoms with E-state index in [0.717, 1.165) is 35.8 Å². The Kier molecular flexibility index (Phi) is 4.21. The van der Waals surface area contributed by atoms with Gasteiger partial charge in [0.15, 0.2) is 0 Å². The van der Waals surface area contributed by atoms with Crippen LogP contribution in [0.4, 0.5) is 0 Å². The van der Waals surface area contributed by atoms with E-state index >= 15 is 0 Å². The van der Waals surface area contributed by atoms with Crippen LogP contribution in [-0.2, 0) is 11.2 Å². The quantitative estimate of drug-likeness (QED) is 0.917. The van der Waals surface area contributed by atoms with Crippen molar-refractivity contribution >= 4 is 17.2 Å². The molecule has 2 aromatic rings. The van der Waals surface area contributed by atoms with Gasteiger partial charge >= 0.3 is 0 Å². The summed E-state index contributed by atoms with van der Waals surface area (Å²) in [6.45, 7) is 1.45. The van der Waals surface area contributed by atoms with Gasteiger partial charge in [0, 0.05) is 36.9 Å². The number of aromatic nitrogens is 3.